The maximum atomic E-state index is 10.6. The number of aliphatic hydroxyl groups excluding tert-OH is 2. The van der Waals surface area contributed by atoms with Gasteiger partial charge in [0.1, 0.15) is 18.5 Å². The van der Waals surface area contributed by atoms with Crippen LogP contribution in [0.5, 0.6) is 5.75 Å². The fourth-order valence-electron chi connectivity index (χ4n) is 4.59. The highest BCUT2D eigenvalue weighted by Gasteiger charge is 2.45. The second-order valence-corrected chi connectivity index (χ2v) is 9.15. The molecule has 0 amide bonds. The van der Waals surface area contributed by atoms with E-state index in [1.165, 1.54) is 5.56 Å². The van der Waals surface area contributed by atoms with E-state index in [1.54, 1.807) is 0 Å². The van der Waals surface area contributed by atoms with Crippen LogP contribution in [-0.4, -0.2) is 51.6 Å². The average molecular weight is 384 g/mol. The average Bonchev–Trinajstić information content (AvgIpc) is 2.63. The molecule has 2 aromatic carbocycles. The number of piperidine rings is 1. The molecule has 2 aromatic rings. The normalized spacial score (nSPS) is 20.6. The number of hydrogen-bond acceptors (Lipinski definition) is 4. The Morgan fingerprint density at radius 2 is 1.46 bits per heavy atom. The summed E-state index contributed by atoms with van der Waals surface area (Å²) in [5.41, 5.74) is 1.98. The number of hydrogen-bond donors (Lipinski definition) is 2. The molecule has 2 N–H and O–H groups in total. The monoisotopic (exact) mass is 383 g/mol. The minimum atomic E-state index is -0.595. The molecule has 0 saturated carbocycles. The van der Waals surface area contributed by atoms with Crippen LogP contribution in [-0.2, 0) is 0 Å². The van der Waals surface area contributed by atoms with Crippen molar-refractivity contribution in [1.29, 1.82) is 0 Å². The van der Waals surface area contributed by atoms with Crippen molar-refractivity contribution in [3.63, 3.8) is 0 Å². The highest BCUT2D eigenvalue weighted by molar-refractivity contribution is 5.63. The molecule has 0 bridgehead atoms. The lowest BCUT2D eigenvalue weighted by Gasteiger charge is -2.54. The van der Waals surface area contributed by atoms with Crippen molar-refractivity contribution in [2.45, 2.75) is 63.8 Å². The summed E-state index contributed by atoms with van der Waals surface area (Å²) in [7, 11) is 0. The molecule has 1 aliphatic heterocycles. The Balaban J connectivity index is 1.57. The molecule has 0 spiro atoms. The Labute approximate surface area is 168 Å². The third-order valence-corrected chi connectivity index (χ3v) is 5.73. The zero-order valence-electron chi connectivity index (χ0n) is 17.4. The molecule has 0 radical (unpaired) electrons. The number of likely N-dealkylation sites (tertiary alicyclic amines) is 1. The van der Waals surface area contributed by atoms with Crippen LogP contribution in [0.15, 0.2) is 54.6 Å². The molecule has 28 heavy (non-hydrogen) atoms. The van der Waals surface area contributed by atoms with Gasteiger partial charge in [0.25, 0.3) is 0 Å². The Morgan fingerprint density at radius 3 is 2.04 bits per heavy atom. The van der Waals surface area contributed by atoms with E-state index in [1.807, 2.05) is 42.5 Å². The molecule has 0 aromatic heterocycles. The summed E-state index contributed by atoms with van der Waals surface area (Å²) in [5, 5.41) is 20.8. The number of nitrogens with zero attached hydrogens (tertiary/aromatic N) is 1. The Kier molecular flexibility index (Phi) is 6.13. The molecule has 1 aliphatic rings. The van der Waals surface area contributed by atoms with Crippen LogP contribution in [0.2, 0.25) is 0 Å². The van der Waals surface area contributed by atoms with Gasteiger partial charge in [-0.1, -0.05) is 42.5 Å². The van der Waals surface area contributed by atoms with Crippen LogP contribution < -0.4 is 4.74 Å². The van der Waals surface area contributed by atoms with Crippen LogP contribution >= 0.6 is 0 Å². The van der Waals surface area contributed by atoms with Crippen LogP contribution in [0.25, 0.3) is 11.1 Å². The van der Waals surface area contributed by atoms with Crippen LogP contribution in [0, 0.1) is 0 Å². The second kappa shape index (κ2) is 8.24. The highest BCUT2D eigenvalue weighted by atomic mass is 16.5. The van der Waals surface area contributed by atoms with Gasteiger partial charge in [0.15, 0.2) is 0 Å². The van der Waals surface area contributed by atoms with Crippen molar-refractivity contribution in [2.24, 2.45) is 0 Å². The van der Waals surface area contributed by atoms with E-state index in [4.69, 9.17) is 4.74 Å². The molecule has 1 unspecified atom stereocenters. The van der Waals surface area contributed by atoms with Crippen LogP contribution in [0.1, 0.15) is 40.5 Å². The first-order valence-electron chi connectivity index (χ1n) is 10.1. The molecule has 0 aliphatic carbocycles. The van der Waals surface area contributed by atoms with E-state index in [0.717, 1.165) is 11.3 Å². The first kappa shape index (κ1) is 20.8. The van der Waals surface area contributed by atoms with Gasteiger partial charge >= 0.3 is 0 Å². The quantitative estimate of drug-likeness (QED) is 0.788. The summed E-state index contributed by atoms with van der Waals surface area (Å²) in [5.74, 6) is 0.756. The largest absolute Gasteiger partial charge is 0.491 e. The molecule has 152 valence electrons. The lowest BCUT2D eigenvalue weighted by molar-refractivity contribution is -0.1000. The number of benzene rings is 2. The summed E-state index contributed by atoms with van der Waals surface area (Å²) in [6.45, 7) is 9.30. The van der Waals surface area contributed by atoms with Crippen LogP contribution in [0.3, 0.4) is 0 Å². The molecule has 1 fully saturated rings. The first-order valence-corrected chi connectivity index (χ1v) is 10.1. The van der Waals surface area contributed by atoms with E-state index in [9.17, 15) is 10.2 Å². The minimum absolute atomic E-state index is 0.167. The van der Waals surface area contributed by atoms with E-state index in [-0.39, 0.29) is 23.8 Å². The third kappa shape index (κ3) is 4.93. The van der Waals surface area contributed by atoms with E-state index < -0.39 is 6.10 Å². The summed E-state index contributed by atoms with van der Waals surface area (Å²) in [4.78, 5) is 2.30. The number of rotatable bonds is 6. The van der Waals surface area contributed by atoms with Gasteiger partial charge in [0.05, 0.1) is 6.10 Å². The van der Waals surface area contributed by atoms with Gasteiger partial charge < -0.3 is 14.9 Å². The van der Waals surface area contributed by atoms with E-state index in [2.05, 4.69) is 44.7 Å². The van der Waals surface area contributed by atoms with Crippen molar-refractivity contribution in [1.82, 2.24) is 4.90 Å². The first-order chi connectivity index (χ1) is 13.2. The summed E-state index contributed by atoms with van der Waals surface area (Å²) >= 11 is 0. The molecule has 4 heteroatoms. The predicted octanol–water partition coefficient (Wildman–Crippen LogP) is 4.11. The van der Waals surface area contributed by atoms with E-state index >= 15 is 0 Å². The van der Waals surface area contributed by atoms with Gasteiger partial charge in [0, 0.05) is 17.6 Å². The molecule has 1 heterocycles. The molecule has 1 atom stereocenters. The number of ether oxygens (including phenoxy) is 1. The molecule has 1 saturated heterocycles. The van der Waals surface area contributed by atoms with Crippen molar-refractivity contribution in [3.05, 3.63) is 54.6 Å². The standard InChI is InChI=1S/C24H33NO3/c1-23(2)14-20(26)15-24(3,4)25(23)16-21(27)17-28-22-12-10-19(11-13-22)18-8-6-5-7-9-18/h5-13,20-21,26-27H,14-17H2,1-4H3. The fourth-order valence-corrected chi connectivity index (χ4v) is 4.59. The zero-order valence-corrected chi connectivity index (χ0v) is 17.4. The lowest BCUT2D eigenvalue weighted by atomic mass is 9.78. The number of β-amino-alcohol motifs (C(OH)–C–C–N with tert-alkyl or cyclic N) is 1. The molecular weight excluding hydrogens is 350 g/mol. The van der Waals surface area contributed by atoms with Gasteiger partial charge in [-0.25, -0.2) is 0 Å². The SMILES string of the molecule is CC1(C)CC(O)CC(C)(C)N1CC(O)COc1ccc(-c2ccccc2)cc1. The minimum Gasteiger partial charge on any atom is -0.491 e. The van der Waals surface area contributed by atoms with Crippen molar-refractivity contribution < 1.29 is 14.9 Å². The summed E-state index contributed by atoms with van der Waals surface area (Å²) in [6, 6.07) is 18.2. The van der Waals surface area contributed by atoms with Crippen molar-refractivity contribution >= 4 is 0 Å². The highest BCUT2D eigenvalue weighted by Crippen LogP contribution is 2.38. The maximum Gasteiger partial charge on any atom is 0.119 e. The Hall–Kier alpha value is -1.88. The smallest absolute Gasteiger partial charge is 0.119 e. The fraction of sp³-hybridized carbons (Fsp3) is 0.500. The van der Waals surface area contributed by atoms with Crippen LogP contribution in [0.4, 0.5) is 0 Å². The van der Waals surface area contributed by atoms with E-state index in [0.29, 0.717) is 19.4 Å². The van der Waals surface area contributed by atoms with Gasteiger partial charge in [-0.05, 0) is 63.8 Å². The second-order valence-electron chi connectivity index (χ2n) is 9.15. The summed E-state index contributed by atoms with van der Waals surface area (Å²) in [6.07, 6.45) is 0.538. The Morgan fingerprint density at radius 1 is 0.929 bits per heavy atom. The van der Waals surface area contributed by atoms with Crippen molar-refractivity contribution in [2.75, 3.05) is 13.2 Å². The Bertz CT molecular complexity index is 737. The summed E-state index contributed by atoms with van der Waals surface area (Å²) < 4.78 is 5.83. The van der Waals surface area contributed by atoms with Crippen molar-refractivity contribution in [3.8, 4) is 16.9 Å². The topological polar surface area (TPSA) is 52.9 Å². The predicted molar refractivity (Wildman–Crippen MR) is 113 cm³/mol. The molecular formula is C24H33NO3. The third-order valence-electron chi connectivity index (χ3n) is 5.73. The lowest BCUT2D eigenvalue weighted by Crippen LogP contribution is -2.63. The van der Waals surface area contributed by atoms with Gasteiger partial charge in [0.2, 0.25) is 0 Å². The zero-order chi connectivity index (χ0) is 20.4. The van der Waals surface area contributed by atoms with Gasteiger partial charge in [-0.3, -0.25) is 4.90 Å². The molecule has 4 nitrogen and oxygen atoms in total. The molecule has 3 rings (SSSR count). The maximum absolute atomic E-state index is 10.6. The van der Waals surface area contributed by atoms with Gasteiger partial charge in [-0.2, -0.15) is 0 Å². The van der Waals surface area contributed by atoms with Gasteiger partial charge in [-0.15, -0.1) is 0 Å². The number of aliphatic hydroxyl groups is 2.